The topological polar surface area (TPSA) is 12.0 Å². The summed E-state index contributed by atoms with van der Waals surface area (Å²) in [5.74, 6) is 3.33. The minimum Gasteiger partial charge on any atom is -0.313 e. The Morgan fingerprint density at radius 3 is 2.43 bits per heavy atom. The number of rotatable bonds is 8. The van der Waals surface area contributed by atoms with E-state index in [-0.39, 0.29) is 0 Å². The zero-order valence-electron chi connectivity index (χ0n) is 14.0. The fourth-order valence-corrected chi connectivity index (χ4v) is 4.67. The van der Waals surface area contributed by atoms with Crippen molar-refractivity contribution in [3.63, 3.8) is 0 Å². The molecule has 1 N–H and O–H groups in total. The molecule has 1 nitrogen and oxygen atoms in total. The highest BCUT2D eigenvalue weighted by Gasteiger charge is 2.24. The summed E-state index contributed by atoms with van der Waals surface area (Å²) >= 11 is 2.11. The average molecular weight is 306 g/mol. The van der Waals surface area contributed by atoms with E-state index in [0.717, 1.165) is 17.7 Å². The molecule has 1 aliphatic rings. The van der Waals surface area contributed by atoms with Crippen LogP contribution in [-0.2, 0) is 5.75 Å². The molecule has 0 amide bonds. The number of aryl methyl sites for hydroxylation is 2. The van der Waals surface area contributed by atoms with Crippen LogP contribution in [0.3, 0.4) is 0 Å². The third-order valence-corrected chi connectivity index (χ3v) is 5.61. The highest BCUT2D eigenvalue weighted by atomic mass is 32.2. The first-order chi connectivity index (χ1) is 10.2. The first-order valence-electron chi connectivity index (χ1n) is 8.57. The highest BCUT2D eigenvalue weighted by molar-refractivity contribution is 7.98. The number of benzene rings is 1. The molecule has 21 heavy (non-hydrogen) atoms. The Labute approximate surface area is 135 Å². The van der Waals surface area contributed by atoms with Crippen LogP contribution in [0, 0.1) is 19.8 Å². The maximum atomic E-state index is 3.80. The molecule has 1 atom stereocenters. The van der Waals surface area contributed by atoms with Crippen molar-refractivity contribution in [3.05, 3.63) is 34.9 Å². The third-order valence-electron chi connectivity index (χ3n) is 4.47. The molecule has 0 heterocycles. The lowest BCUT2D eigenvalue weighted by atomic mass is 10.00. The van der Waals surface area contributed by atoms with Crippen molar-refractivity contribution in [1.29, 1.82) is 0 Å². The Bertz CT molecular complexity index is 403. The number of thioether (sulfide) groups is 1. The van der Waals surface area contributed by atoms with Crippen LogP contribution < -0.4 is 5.32 Å². The van der Waals surface area contributed by atoms with E-state index >= 15 is 0 Å². The second-order valence-corrected chi connectivity index (χ2v) is 7.65. The number of nitrogens with one attached hydrogen (secondary N) is 1. The van der Waals surface area contributed by atoms with Gasteiger partial charge in [-0.2, -0.15) is 11.8 Å². The number of hydrogen-bond donors (Lipinski definition) is 1. The molecule has 1 aromatic carbocycles. The van der Waals surface area contributed by atoms with Crippen LogP contribution in [0.25, 0.3) is 0 Å². The van der Waals surface area contributed by atoms with Crippen molar-refractivity contribution in [3.8, 4) is 0 Å². The van der Waals surface area contributed by atoms with Gasteiger partial charge < -0.3 is 5.32 Å². The fourth-order valence-electron chi connectivity index (χ4n) is 3.51. The largest absolute Gasteiger partial charge is 0.313 e. The summed E-state index contributed by atoms with van der Waals surface area (Å²) < 4.78 is 0. The molecule has 1 aliphatic carbocycles. The Hall–Kier alpha value is -0.470. The van der Waals surface area contributed by atoms with E-state index in [9.17, 15) is 0 Å². The first kappa shape index (κ1) is 16.9. The summed E-state index contributed by atoms with van der Waals surface area (Å²) in [6.07, 6.45) is 7.00. The SMILES string of the molecule is CCCNC(CSCc1cc(C)cc(C)c1)C1CCCC1. The highest BCUT2D eigenvalue weighted by Crippen LogP contribution is 2.30. The van der Waals surface area contributed by atoms with Crippen LogP contribution in [0.1, 0.15) is 55.7 Å². The quantitative estimate of drug-likeness (QED) is 0.717. The van der Waals surface area contributed by atoms with Gasteiger partial charge in [-0.1, -0.05) is 49.1 Å². The molecule has 0 radical (unpaired) electrons. The normalized spacial score (nSPS) is 17.3. The van der Waals surface area contributed by atoms with Gasteiger partial charge in [0.25, 0.3) is 0 Å². The van der Waals surface area contributed by atoms with Gasteiger partial charge >= 0.3 is 0 Å². The van der Waals surface area contributed by atoms with Crippen LogP contribution in [0.4, 0.5) is 0 Å². The van der Waals surface area contributed by atoms with Gasteiger partial charge in [0.2, 0.25) is 0 Å². The van der Waals surface area contributed by atoms with E-state index in [4.69, 9.17) is 0 Å². The fraction of sp³-hybridized carbons (Fsp3) is 0.684. The Kier molecular flexibility index (Phi) is 7.12. The Balaban J connectivity index is 1.82. The summed E-state index contributed by atoms with van der Waals surface area (Å²) in [4.78, 5) is 0. The summed E-state index contributed by atoms with van der Waals surface area (Å²) in [6.45, 7) is 7.84. The van der Waals surface area contributed by atoms with Crippen molar-refractivity contribution < 1.29 is 0 Å². The minimum atomic E-state index is 0.725. The van der Waals surface area contributed by atoms with Crippen molar-refractivity contribution in [1.82, 2.24) is 5.32 Å². The molecule has 1 saturated carbocycles. The molecular formula is C19H31NS. The predicted molar refractivity (Wildman–Crippen MR) is 96.1 cm³/mol. The molecular weight excluding hydrogens is 274 g/mol. The van der Waals surface area contributed by atoms with E-state index in [1.807, 2.05) is 0 Å². The van der Waals surface area contributed by atoms with Gasteiger partial charge in [0.1, 0.15) is 0 Å². The third kappa shape index (κ3) is 5.67. The maximum Gasteiger partial charge on any atom is 0.0186 e. The lowest BCUT2D eigenvalue weighted by molar-refractivity contribution is 0.388. The zero-order valence-corrected chi connectivity index (χ0v) is 14.8. The molecule has 0 bridgehead atoms. The van der Waals surface area contributed by atoms with Gasteiger partial charge in [0.05, 0.1) is 0 Å². The van der Waals surface area contributed by atoms with E-state index in [1.165, 1.54) is 61.1 Å². The first-order valence-corrected chi connectivity index (χ1v) is 9.73. The minimum absolute atomic E-state index is 0.725. The van der Waals surface area contributed by atoms with E-state index in [1.54, 1.807) is 0 Å². The maximum absolute atomic E-state index is 3.80. The summed E-state index contributed by atoms with van der Waals surface area (Å²) in [5.41, 5.74) is 4.27. The molecule has 0 aliphatic heterocycles. The Morgan fingerprint density at radius 2 is 1.81 bits per heavy atom. The van der Waals surface area contributed by atoms with Gasteiger partial charge in [0, 0.05) is 17.5 Å². The lowest BCUT2D eigenvalue weighted by Gasteiger charge is -2.24. The van der Waals surface area contributed by atoms with Crippen molar-refractivity contribution >= 4 is 11.8 Å². The van der Waals surface area contributed by atoms with Crippen LogP contribution in [0.15, 0.2) is 18.2 Å². The second kappa shape index (κ2) is 8.85. The van der Waals surface area contributed by atoms with Crippen LogP contribution in [0.2, 0.25) is 0 Å². The van der Waals surface area contributed by atoms with Crippen molar-refractivity contribution in [2.45, 2.75) is 64.7 Å². The van der Waals surface area contributed by atoms with E-state index in [0.29, 0.717) is 0 Å². The molecule has 1 aromatic rings. The van der Waals surface area contributed by atoms with Gasteiger partial charge in [0.15, 0.2) is 0 Å². The van der Waals surface area contributed by atoms with Crippen LogP contribution >= 0.6 is 11.8 Å². The smallest absolute Gasteiger partial charge is 0.0186 e. The monoisotopic (exact) mass is 305 g/mol. The second-order valence-electron chi connectivity index (χ2n) is 6.62. The molecule has 0 spiro atoms. The summed E-state index contributed by atoms with van der Waals surface area (Å²) in [5, 5.41) is 3.80. The molecule has 2 heteroatoms. The van der Waals surface area contributed by atoms with Crippen molar-refractivity contribution in [2.75, 3.05) is 12.3 Å². The van der Waals surface area contributed by atoms with Crippen LogP contribution in [0.5, 0.6) is 0 Å². The standard InChI is InChI=1S/C19H31NS/c1-4-9-20-19(18-7-5-6-8-18)14-21-13-17-11-15(2)10-16(3)12-17/h10-12,18-20H,4-9,13-14H2,1-3H3. The van der Waals surface area contributed by atoms with Crippen molar-refractivity contribution in [2.24, 2.45) is 5.92 Å². The van der Waals surface area contributed by atoms with E-state index < -0.39 is 0 Å². The average Bonchev–Trinajstić information content (AvgIpc) is 2.95. The lowest BCUT2D eigenvalue weighted by Crippen LogP contribution is -2.37. The molecule has 118 valence electrons. The van der Waals surface area contributed by atoms with Crippen LogP contribution in [-0.4, -0.2) is 18.3 Å². The molecule has 0 saturated heterocycles. The molecule has 1 unspecified atom stereocenters. The van der Waals surface area contributed by atoms with E-state index in [2.05, 4.69) is 56.0 Å². The summed E-state index contributed by atoms with van der Waals surface area (Å²) in [7, 11) is 0. The van der Waals surface area contributed by atoms with Gasteiger partial charge in [-0.25, -0.2) is 0 Å². The molecule has 1 fully saturated rings. The summed E-state index contributed by atoms with van der Waals surface area (Å²) in [6, 6.07) is 7.66. The molecule has 0 aromatic heterocycles. The predicted octanol–water partition coefficient (Wildman–Crippen LogP) is 5.10. The zero-order chi connectivity index (χ0) is 15.1. The van der Waals surface area contributed by atoms with Gasteiger partial charge in [-0.15, -0.1) is 0 Å². The Morgan fingerprint density at radius 1 is 1.14 bits per heavy atom. The van der Waals surface area contributed by atoms with Gasteiger partial charge in [-0.3, -0.25) is 0 Å². The van der Waals surface area contributed by atoms with Gasteiger partial charge in [-0.05, 0) is 51.1 Å². The number of hydrogen-bond acceptors (Lipinski definition) is 2. The molecule has 2 rings (SSSR count).